The second-order valence-electron chi connectivity index (χ2n) is 6.00. The highest BCUT2D eigenvalue weighted by atomic mass is 32.2. The van der Waals surface area contributed by atoms with Crippen LogP contribution in [0.3, 0.4) is 0 Å². The highest BCUT2D eigenvalue weighted by Crippen LogP contribution is 2.21. The molecule has 2 fully saturated rings. The van der Waals surface area contributed by atoms with Gasteiger partial charge in [-0.1, -0.05) is 12.8 Å². The average molecular weight is 290 g/mol. The monoisotopic (exact) mass is 290 g/mol. The van der Waals surface area contributed by atoms with Crippen molar-refractivity contribution in [3.05, 3.63) is 0 Å². The molecule has 6 heteroatoms. The van der Waals surface area contributed by atoms with Crippen LogP contribution in [0.5, 0.6) is 0 Å². The van der Waals surface area contributed by atoms with E-state index in [0.717, 1.165) is 38.6 Å². The van der Waals surface area contributed by atoms with Gasteiger partial charge < -0.3 is 10.4 Å². The zero-order valence-electron chi connectivity index (χ0n) is 11.7. The van der Waals surface area contributed by atoms with Crippen LogP contribution in [0, 0.1) is 5.92 Å². The Balaban J connectivity index is 1.79. The zero-order valence-corrected chi connectivity index (χ0v) is 12.5. The van der Waals surface area contributed by atoms with E-state index in [4.69, 9.17) is 0 Å². The van der Waals surface area contributed by atoms with Gasteiger partial charge in [0.05, 0.1) is 12.4 Å². The molecule has 19 heavy (non-hydrogen) atoms. The maximum Gasteiger partial charge on any atom is 0.211 e. The van der Waals surface area contributed by atoms with Crippen LogP contribution >= 0.6 is 0 Å². The van der Waals surface area contributed by atoms with Crippen LogP contribution in [0.1, 0.15) is 38.5 Å². The van der Waals surface area contributed by atoms with Crippen LogP contribution in [0.15, 0.2) is 0 Å². The fourth-order valence-corrected chi connectivity index (χ4v) is 4.10. The lowest BCUT2D eigenvalue weighted by Gasteiger charge is -2.34. The Morgan fingerprint density at radius 3 is 2.63 bits per heavy atom. The molecule has 1 saturated carbocycles. The normalized spacial score (nSPS) is 34.3. The zero-order chi connectivity index (χ0) is 13.9. The Morgan fingerprint density at radius 2 is 1.95 bits per heavy atom. The summed E-state index contributed by atoms with van der Waals surface area (Å²) in [7, 11) is -3.06. The Hall–Kier alpha value is -0.170. The number of nitrogens with zero attached hydrogens (tertiary/aromatic N) is 1. The molecule has 3 atom stereocenters. The Labute approximate surface area is 116 Å². The first-order valence-corrected chi connectivity index (χ1v) is 9.18. The second kappa shape index (κ2) is 6.52. The van der Waals surface area contributed by atoms with Crippen molar-refractivity contribution in [3.63, 3.8) is 0 Å². The molecular formula is C13H26N2O3S. The highest BCUT2D eigenvalue weighted by Gasteiger charge is 2.28. The molecule has 0 aromatic heterocycles. The van der Waals surface area contributed by atoms with Crippen molar-refractivity contribution < 1.29 is 13.5 Å². The summed E-state index contributed by atoms with van der Waals surface area (Å²) in [4.78, 5) is 0. The second-order valence-corrected chi connectivity index (χ2v) is 7.98. The molecule has 3 unspecified atom stereocenters. The van der Waals surface area contributed by atoms with E-state index >= 15 is 0 Å². The van der Waals surface area contributed by atoms with E-state index in [0.29, 0.717) is 19.0 Å². The quantitative estimate of drug-likeness (QED) is 0.793. The third-order valence-electron chi connectivity index (χ3n) is 4.35. The first kappa shape index (κ1) is 15.2. The van der Waals surface area contributed by atoms with Crippen molar-refractivity contribution in [2.45, 2.75) is 50.7 Å². The van der Waals surface area contributed by atoms with E-state index in [2.05, 4.69) is 5.32 Å². The molecule has 0 spiro atoms. The van der Waals surface area contributed by atoms with E-state index in [9.17, 15) is 13.5 Å². The minimum atomic E-state index is -3.06. The van der Waals surface area contributed by atoms with Gasteiger partial charge in [-0.05, 0) is 38.1 Å². The minimum absolute atomic E-state index is 0.197. The molecule has 5 nitrogen and oxygen atoms in total. The highest BCUT2D eigenvalue weighted by molar-refractivity contribution is 7.88. The number of aliphatic hydroxyl groups is 1. The fraction of sp³-hybridized carbons (Fsp3) is 1.00. The standard InChI is InChI=1S/C13H26N2O3S/c1-19(17,18)15-8-4-5-11(10-15)9-14-12-6-2-3-7-13(12)16/h11-14,16H,2-10H2,1H3. The van der Waals surface area contributed by atoms with Gasteiger partial charge in [0.1, 0.15) is 0 Å². The summed E-state index contributed by atoms with van der Waals surface area (Å²) in [5.74, 6) is 0.373. The molecule has 0 radical (unpaired) electrons. The fourth-order valence-electron chi connectivity index (χ4n) is 3.16. The number of hydrogen-bond acceptors (Lipinski definition) is 4. The smallest absolute Gasteiger partial charge is 0.211 e. The topological polar surface area (TPSA) is 69.6 Å². The summed E-state index contributed by atoms with van der Waals surface area (Å²) in [6.45, 7) is 2.09. The van der Waals surface area contributed by atoms with Crippen molar-refractivity contribution in [2.24, 2.45) is 5.92 Å². The summed E-state index contributed by atoms with van der Waals surface area (Å²) in [5, 5.41) is 13.4. The van der Waals surface area contributed by atoms with Crippen LogP contribution in [-0.2, 0) is 10.0 Å². The molecule has 2 N–H and O–H groups in total. The molecule has 112 valence electrons. The van der Waals surface area contributed by atoms with Crippen molar-refractivity contribution in [1.29, 1.82) is 0 Å². The maximum absolute atomic E-state index is 11.6. The molecule has 2 rings (SSSR count). The molecule has 0 aromatic carbocycles. The van der Waals surface area contributed by atoms with Gasteiger partial charge in [-0.15, -0.1) is 0 Å². The van der Waals surface area contributed by atoms with E-state index in [-0.39, 0.29) is 12.1 Å². The van der Waals surface area contributed by atoms with Gasteiger partial charge in [0.25, 0.3) is 0 Å². The first-order valence-electron chi connectivity index (χ1n) is 7.33. The predicted molar refractivity (Wildman–Crippen MR) is 75.4 cm³/mol. The van der Waals surface area contributed by atoms with Crippen molar-refractivity contribution in [3.8, 4) is 0 Å². The van der Waals surface area contributed by atoms with Crippen molar-refractivity contribution in [2.75, 3.05) is 25.9 Å². The van der Waals surface area contributed by atoms with Gasteiger partial charge in [-0.25, -0.2) is 12.7 Å². The lowest BCUT2D eigenvalue weighted by Crippen LogP contribution is -2.47. The molecule has 1 heterocycles. The van der Waals surface area contributed by atoms with Gasteiger partial charge in [0.15, 0.2) is 0 Å². The third kappa shape index (κ3) is 4.41. The van der Waals surface area contributed by atoms with Gasteiger partial charge in [0.2, 0.25) is 10.0 Å². The maximum atomic E-state index is 11.6. The van der Waals surface area contributed by atoms with Gasteiger partial charge in [-0.2, -0.15) is 0 Å². The van der Waals surface area contributed by atoms with E-state index in [1.807, 2.05) is 0 Å². The van der Waals surface area contributed by atoms with Crippen molar-refractivity contribution >= 4 is 10.0 Å². The number of sulfonamides is 1. The van der Waals surface area contributed by atoms with E-state index < -0.39 is 10.0 Å². The number of nitrogens with one attached hydrogen (secondary N) is 1. The lowest BCUT2D eigenvalue weighted by molar-refractivity contribution is 0.0868. The molecule has 1 saturated heterocycles. The van der Waals surface area contributed by atoms with Crippen molar-refractivity contribution in [1.82, 2.24) is 9.62 Å². The van der Waals surface area contributed by atoms with Crippen LogP contribution in [0.4, 0.5) is 0 Å². The number of aliphatic hydroxyl groups excluding tert-OH is 1. The number of piperidine rings is 1. The first-order chi connectivity index (χ1) is 8.97. The molecule has 0 amide bonds. The minimum Gasteiger partial charge on any atom is -0.392 e. The average Bonchev–Trinajstić information content (AvgIpc) is 2.37. The van der Waals surface area contributed by atoms with Gasteiger partial charge >= 0.3 is 0 Å². The predicted octanol–water partition coefficient (Wildman–Crippen LogP) is 0.551. The summed E-state index contributed by atoms with van der Waals surface area (Å²) in [6, 6.07) is 0.197. The molecule has 1 aliphatic heterocycles. The molecule has 2 aliphatic rings. The summed E-state index contributed by atoms with van der Waals surface area (Å²) >= 11 is 0. The molecule has 0 aromatic rings. The summed E-state index contributed by atoms with van der Waals surface area (Å²) in [5.41, 5.74) is 0. The SMILES string of the molecule is CS(=O)(=O)N1CCCC(CNC2CCCCC2O)C1. The van der Waals surface area contributed by atoms with E-state index in [1.165, 1.54) is 12.7 Å². The Kier molecular flexibility index (Phi) is 5.22. The largest absolute Gasteiger partial charge is 0.392 e. The molecular weight excluding hydrogens is 264 g/mol. The molecule has 1 aliphatic carbocycles. The lowest BCUT2D eigenvalue weighted by atomic mass is 9.91. The molecule has 0 bridgehead atoms. The van der Waals surface area contributed by atoms with Gasteiger partial charge in [0, 0.05) is 19.1 Å². The Morgan fingerprint density at radius 1 is 1.21 bits per heavy atom. The van der Waals surface area contributed by atoms with Crippen LogP contribution in [-0.4, -0.2) is 55.9 Å². The third-order valence-corrected chi connectivity index (χ3v) is 5.62. The number of hydrogen-bond donors (Lipinski definition) is 2. The summed E-state index contributed by atoms with van der Waals surface area (Å²) in [6.07, 6.45) is 7.27. The van der Waals surface area contributed by atoms with Crippen LogP contribution in [0.25, 0.3) is 0 Å². The van der Waals surface area contributed by atoms with Crippen LogP contribution < -0.4 is 5.32 Å². The Bertz CT molecular complexity index is 385. The number of rotatable bonds is 4. The van der Waals surface area contributed by atoms with Crippen LogP contribution in [0.2, 0.25) is 0 Å². The van der Waals surface area contributed by atoms with Gasteiger partial charge in [-0.3, -0.25) is 0 Å². The summed E-state index contributed by atoms with van der Waals surface area (Å²) < 4.78 is 24.7. The van der Waals surface area contributed by atoms with E-state index in [1.54, 1.807) is 4.31 Å².